The zero-order chi connectivity index (χ0) is 5.98. The molecule has 1 unspecified atom stereocenters. The molecular weight excluding hydrogens is 153 g/mol. The molecule has 1 N–H and O–H groups in total. The molecule has 1 rings (SSSR count). The molecule has 0 aromatic carbocycles. The molecule has 0 amide bonds. The maximum atomic E-state index is 9.93. The van der Waals surface area contributed by atoms with Crippen molar-refractivity contribution in [2.24, 2.45) is 0 Å². The number of hydrogen-bond acceptors (Lipinski definition) is 4. The summed E-state index contributed by atoms with van der Waals surface area (Å²) in [6, 6.07) is 0. The number of H-pyrrole nitrogens is 1. The van der Waals surface area contributed by atoms with Crippen molar-refractivity contribution in [3.05, 3.63) is 6.33 Å². The van der Waals surface area contributed by atoms with Gasteiger partial charge in [0.25, 0.3) is 0 Å². The van der Waals surface area contributed by atoms with Crippen LogP contribution in [0.4, 0.5) is 0 Å². The smallest absolute Gasteiger partial charge is 0.766 e. The van der Waals surface area contributed by atoms with Crippen LogP contribution in [0.5, 0.6) is 0 Å². The SMILES string of the molecule is O=S([O-])c1ncn[nH]1.[Na+]. The molecule has 1 aromatic heterocycles. The molecule has 9 heavy (non-hydrogen) atoms. The Morgan fingerprint density at radius 2 is 2.44 bits per heavy atom. The summed E-state index contributed by atoms with van der Waals surface area (Å²) in [5, 5.41) is 5.34. The predicted molar refractivity (Wildman–Crippen MR) is 23.6 cm³/mol. The van der Waals surface area contributed by atoms with Crippen molar-refractivity contribution in [2.75, 3.05) is 0 Å². The Labute approximate surface area is 75.8 Å². The Bertz CT molecular complexity index is 188. The fourth-order valence-electron chi connectivity index (χ4n) is 0.275. The Hall–Kier alpha value is 0.250. The molecule has 0 radical (unpaired) electrons. The topological polar surface area (TPSA) is 81.7 Å². The van der Waals surface area contributed by atoms with E-state index < -0.39 is 11.1 Å². The average Bonchev–Trinajstić information content (AvgIpc) is 2.12. The van der Waals surface area contributed by atoms with Gasteiger partial charge in [-0.2, -0.15) is 5.10 Å². The van der Waals surface area contributed by atoms with Crippen LogP contribution in [0.25, 0.3) is 0 Å². The summed E-state index contributed by atoms with van der Waals surface area (Å²) in [6.07, 6.45) is 1.13. The summed E-state index contributed by atoms with van der Waals surface area (Å²) >= 11 is -2.28. The van der Waals surface area contributed by atoms with Crippen LogP contribution in [0.2, 0.25) is 0 Å². The number of rotatable bonds is 1. The van der Waals surface area contributed by atoms with Crippen molar-refractivity contribution in [3.8, 4) is 0 Å². The third kappa shape index (κ3) is 2.55. The van der Waals surface area contributed by atoms with Gasteiger partial charge in [-0.25, -0.2) is 4.98 Å². The van der Waals surface area contributed by atoms with Crippen LogP contribution in [0.15, 0.2) is 11.5 Å². The fraction of sp³-hybridized carbons (Fsp3) is 0. The van der Waals surface area contributed by atoms with Crippen molar-refractivity contribution >= 4 is 11.1 Å². The second-order valence-corrected chi connectivity index (χ2v) is 1.88. The molecule has 0 aliphatic rings. The third-order valence-corrected chi connectivity index (χ3v) is 1.06. The van der Waals surface area contributed by atoms with E-state index in [4.69, 9.17) is 0 Å². The van der Waals surface area contributed by atoms with Crippen LogP contribution < -0.4 is 29.6 Å². The summed E-state index contributed by atoms with van der Waals surface area (Å²) in [5.74, 6) is 0. The number of nitrogens with zero attached hydrogens (tertiary/aromatic N) is 2. The van der Waals surface area contributed by atoms with Crippen molar-refractivity contribution in [1.82, 2.24) is 15.2 Å². The van der Waals surface area contributed by atoms with Crippen molar-refractivity contribution < 1.29 is 38.3 Å². The number of hydrogen-bond donors (Lipinski definition) is 1. The van der Waals surface area contributed by atoms with E-state index >= 15 is 0 Å². The summed E-state index contributed by atoms with van der Waals surface area (Å²) < 4.78 is 19.9. The Morgan fingerprint density at radius 3 is 2.67 bits per heavy atom. The summed E-state index contributed by atoms with van der Waals surface area (Å²) in [5.41, 5.74) is 0. The molecule has 0 aliphatic heterocycles. The van der Waals surface area contributed by atoms with Gasteiger partial charge < -0.3 is 4.55 Å². The minimum Gasteiger partial charge on any atom is -0.766 e. The maximum Gasteiger partial charge on any atom is 1.00 e. The molecular formula is C2H2N3NaO2S. The molecule has 44 valence electrons. The first-order valence-corrected chi connectivity index (χ1v) is 2.83. The van der Waals surface area contributed by atoms with Crippen molar-refractivity contribution in [2.45, 2.75) is 5.16 Å². The number of aromatic amines is 1. The van der Waals surface area contributed by atoms with Gasteiger partial charge in [-0.1, -0.05) is 0 Å². The molecule has 1 atom stereocenters. The Balaban J connectivity index is 0.000000640. The monoisotopic (exact) mass is 155 g/mol. The summed E-state index contributed by atoms with van der Waals surface area (Å²) in [7, 11) is 0. The van der Waals surface area contributed by atoms with Crippen LogP contribution in [0, 0.1) is 0 Å². The molecule has 0 bridgehead atoms. The molecule has 0 spiro atoms. The molecule has 1 aromatic rings. The third-order valence-electron chi connectivity index (χ3n) is 0.551. The van der Waals surface area contributed by atoms with Crippen LogP contribution in [-0.2, 0) is 11.1 Å². The van der Waals surface area contributed by atoms with Crippen molar-refractivity contribution in [3.63, 3.8) is 0 Å². The summed E-state index contributed by atoms with van der Waals surface area (Å²) in [6.45, 7) is 0. The molecule has 0 saturated carbocycles. The van der Waals surface area contributed by atoms with E-state index in [1.165, 1.54) is 0 Å². The van der Waals surface area contributed by atoms with E-state index in [0.29, 0.717) is 0 Å². The van der Waals surface area contributed by atoms with Gasteiger partial charge in [0.1, 0.15) is 6.33 Å². The first-order valence-electron chi connectivity index (χ1n) is 1.75. The number of nitrogens with one attached hydrogen (secondary N) is 1. The second-order valence-electron chi connectivity index (χ2n) is 1.03. The fourth-order valence-corrected chi connectivity index (χ4v) is 0.535. The van der Waals surface area contributed by atoms with Crippen LogP contribution >= 0.6 is 0 Å². The van der Waals surface area contributed by atoms with E-state index in [2.05, 4.69) is 15.2 Å². The van der Waals surface area contributed by atoms with Crippen LogP contribution in [0.1, 0.15) is 0 Å². The average molecular weight is 155 g/mol. The normalized spacial score (nSPS) is 12.1. The molecule has 0 fully saturated rings. The van der Waals surface area contributed by atoms with Gasteiger partial charge in [-0.15, -0.1) is 0 Å². The minimum absolute atomic E-state index is 0. The van der Waals surface area contributed by atoms with Gasteiger partial charge in [0.05, 0.1) is 0 Å². The maximum absolute atomic E-state index is 9.93. The first-order chi connectivity index (χ1) is 3.80. The van der Waals surface area contributed by atoms with Gasteiger partial charge in [0.15, 0.2) is 0 Å². The predicted octanol–water partition coefficient (Wildman–Crippen LogP) is -3.95. The minimum atomic E-state index is -2.28. The Kier molecular flexibility index (Phi) is 4.24. The summed E-state index contributed by atoms with van der Waals surface area (Å²) in [4.78, 5) is 3.34. The molecule has 5 nitrogen and oxygen atoms in total. The zero-order valence-corrected chi connectivity index (χ0v) is 7.51. The van der Waals surface area contributed by atoms with E-state index in [-0.39, 0.29) is 34.7 Å². The van der Waals surface area contributed by atoms with E-state index in [1.807, 2.05) is 0 Å². The Morgan fingerprint density at radius 1 is 1.78 bits per heavy atom. The molecule has 0 saturated heterocycles. The van der Waals surface area contributed by atoms with Gasteiger partial charge >= 0.3 is 29.6 Å². The zero-order valence-electron chi connectivity index (χ0n) is 4.70. The van der Waals surface area contributed by atoms with E-state index in [1.54, 1.807) is 0 Å². The quantitative estimate of drug-likeness (QED) is 0.331. The molecule has 7 heteroatoms. The van der Waals surface area contributed by atoms with Gasteiger partial charge in [0.2, 0.25) is 5.16 Å². The molecule has 1 heterocycles. The largest absolute Gasteiger partial charge is 1.00 e. The van der Waals surface area contributed by atoms with Gasteiger partial charge in [-0.05, 0) is 0 Å². The van der Waals surface area contributed by atoms with Gasteiger partial charge in [0, 0.05) is 11.1 Å². The first kappa shape index (κ1) is 9.25. The van der Waals surface area contributed by atoms with E-state index in [0.717, 1.165) is 6.33 Å². The van der Waals surface area contributed by atoms with Crippen LogP contribution in [-0.4, -0.2) is 23.9 Å². The standard InChI is InChI=1S/C2H3N3O2S.Na/c6-8(7)2-3-1-4-5-2;/h1H,(H,6,7)(H,3,4,5);/q;+1/p-1. The van der Waals surface area contributed by atoms with E-state index in [9.17, 15) is 8.76 Å². The second kappa shape index (κ2) is 4.13. The number of aromatic nitrogens is 3. The van der Waals surface area contributed by atoms with Crippen molar-refractivity contribution in [1.29, 1.82) is 0 Å². The van der Waals surface area contributed by atoms with Crippen LogP contribution in [0.3, 0.4) is 0 Å². The van der Waals surface area contributed by atoms with Gasteiger partial charge in [-0.3, -0.25) is 9.31 Å². The molecule has 0 aliphatic carbocycles.